The summed E-state index contributed by atoms with van der Waals surface area (Å²) >= 11 is 0. The highest BCUT2D eigenvalue weighted by atomic mass is 16.6. The van der Waals surface area contributed by atoms with Crippen molar-refractivity contribution >= 4 is 18.1 Å². The van der Waals surface area contributed by atoms with E-state index >= 15 is 0 Å². The molecule has 0 spiro atoms. The van der Waals surface area contributed by atoms with Gasteiger partial charge in [-0.05, 0) is 74.8 Å². The van der Waals surface area contributed by atoms with Gasteiger partial charge in [0.1, 0.15) is 13.2 Å². The molecule has 2 aliphatic heterocycles. The van der Waals surface area contributed by atoms with Crippen molar-refractivity contribution < 1.29 is 23.9 Å². The van der Waals surface area contributed by atoms with Crippen LogP contribution in [0.1, 0.15) is 36.8 Å². The van der Waals surface area contributed by atoms with Gasteiger partial charge in [-0.15, -0.1) is 0 Å². The monoisotopic (exact) mass is 553 g/mol. The summed E-state index contributed by atoms with van der Waals surface area (Å²) < 4.78 is 10.3. The molecule has 4 rings (SSSR count). The van der Waals surface area contributed by atoms with Gasteiger partial charge in [0.05, 0.1) is 6.54 Å². The maximum atomic E-state index is 11.7. The number of nitrogens with zero attached hydrogens (tertiary/aromatic N) is 1. The average molecular weight is 554 g/mol. The second kappa shape index (κ2) is 17.9. The maximum absolute atomic E-state index is 11.7. The molecule has 5 N–H and O–H groups in total. The number of hydrogen-bond donors (Lipinski definition) is 4. The first-order valence-electron chi connectivity index (χ1n) is 14.1. The van der Waals surface area contributed by atoms with Crippen LogP contribution in [0.15, 0.2) is 60.7 Å². The number of alkyl carbamates (subject to hydrolysis) is 2. The Hall–Kier alpha value is -3.63. The zero-order valence-electron chi connectivity index (χ0n) is 23.2. The second-order valence-electron chi connectivity index (χ2n) is 10.3. The maximum Gasteiger partial charge on any atom is 0.407 e. The molecule has 0 atom stereocenters. The summed E-state index contributed by atoms with van der Waals surface area (Å²) in [5, 5.41) is 8.95. The standard InChI is InChI=1S/C16H23N3O3.C14H20N2O2/c17-15(20)11-19-8-6-13(7-9-19)10-18-16(21)22-12-14-4-2-1-3-5-14;17-14(16-10-12-6-8-15-9-7-12)18-11-13-4-2-1-3-5-13/h1-5,13H,6-12H2,(H2,17,20)(H,18,21);1-5,12,15H,6-11H2,(H,16,17). The molecule has 0 unspecified atom stereocenters. The average Bonchev–Trinajstić information content (AvgIpc) is 2.99. The van der Waals surface area contributed by atoms with Crippen molar-refractivity contribution in [3.8, 4) is 0 Å². The van der Waals surface area contributed by atoms with Crippen molar-refractivity contribution in [3.05, 3.63) is 71.8 Å². The van der Waals surface area contributed by atoms with E-state index in [2.05, 4.69) is 16.0 Å². The molecule has 2 aliphatic rings. The van der Waals surface area contributed by atoms with E-state index in [0.717, 1.165) is 69.5 Å². The van der Waals surface area contributed by atoms with Crippen LogP contribution in [0, 0.1) is 11.8 Å². The first-order chi connectivity index (χ1) is 19.5. The summed E-state index contributed by atoms with van der Waals surface area (Å²) in [6.07, 6.45) is 3.44. The van der Waals surface area contributed by atoms with Crippen molar-refractivity contribution in [2.45, 2.75) is 38.9 Å². The Bertz CT molecular complexity index is 1010. The summed E-state index contributed by atoms with van der Waals surface area (Å²) in [5.41, 5.74) is 7.16. The minimum atomic E-state index is -0.386. The number of carbonyl (C=O) groups excluding carboxylic acids is 3. The van der Waals surface area contributed by atoms with Gasteiger partial charge in [0.2, 0.25) is 5.91 Å². The summed E-state index contributed by atoms with van der Waals surface area (Å²) in [7, 11) is 0. The number of ether oxygens (including phenoxy) is 2. The van der Waals surface area contributed by atoms with Gasteiger partial charge in [-0.3, -0.25) is 9.69 Å². The Morgan fingerprint density at radius 2 is 1.20 bits per heavy atom. The fourth-order valence-corrected chi connectivity index (χ4v) is 4.66. The fourth-order valence-electron chi connectivity index (χ4n) is 4.66. The normalized spacial score (nSPS) is 16.2. The van der Waals surface area contributed by atoms with Crippen molar-refractivity contribution in [3.63, 3.8) is 0 Å². The Balaban J connectivity index is 0.000000225. The van der Waals surface area contributed by atoms with Crippen molar-refractivity contribution in [2.75, 3.05) is 45.8 Å². The summed E-state index contributed by atoms with van der Waals surface area (Å²) in [5.74, 6) is 0.713. The van der Waals surface area contributed by atoms with E-state index in [0.29, 0.717) is 31.5 Å². The number of carbonyl (C=O) groups is 3. The number of benzene rings is 2. The molecule has 0 radical (unpaired) electrons. The van der Waals surface area contributed by atoms with Crippen LogP contribution in [-0.2, 0) is 27.5 Å². The minimum absolute atomic E-state index is 0.281. The SMILES string of the molecule is NC(=O)CN1CCC(CNC(=O)OCc2ccccc2)CC1.O=C(NCC1CCNCC1)OCc1ccccc1. The number of nitrogens with two attached hydrogens (primary N) is 1. The number of hydrogen-bond acceptors (Lipinski definition) is 7. The van der Waals surface area contributed by atoms with E-state index < -0.39 is 0 Å². The van der Waals surface area contributed by atoms with Crippen LogP contribution in [0.5, 0.6) is 0 Å². The quantitative estimate of drug-likeness (QED) is 0.355. The van der Waals surface area contributed by atoms with Crippen LogP contribution < -0.4 is 21.7 Å². The van der Waals surface area contributed by atoms with E-state index in [4.69, 9.17) is 15.2 Å². The van der Waals surface area contributed by atoms with E-state index in [1.807, 2.05) is 65.6 Å². The Morgan fingerprint density at radius 1 is 0.750 bits per heavy atom. The van der Waals surface area contributed by atoms with Crippen LogP contribution in [0.3, 0.4) is 0 Å². The molecule has 218 valence electrons. The van der Waals surface area contributed by atoms with Crippen LogP contribution in [0.4, 0.5) is 9.59 Å². The Kier molecular flexibility index (Phi) is 13.8. The third kappa shape index (κ3) is 12.9. The van der Waals surface area contributed by atoms with Gasteiger partial charge in [-0.2, -0.15) is 0 Å². The predicted octanol–water partition coefficient (Wildman–Crippen LogP) is 3.02. The van der Waals surface area contributed by atoms with Gasteiger partial charge in [0.25, 0.3) is 0 Å². The van der Waals surface area contributed by atoms with Crippen LogP contribution in [0.2, 0.25) is 0 Å². The molecule has 10 heteroatoms. The second-order valence-corrected chi connectivity index (χ2v) is 10.3. The van der Waals surface area contributed by atoms with E-state index in [9.17, 15) is 14.4 Å². The number of amides is 3. The largest absolute Gasteiger partial charge is 0.445 e. The molecule has 0 aromatic heterocycles. The van der Waals surface area contributed by atoms with Crippen LogP contribution in [0.25, 0.3) is 0 Å². The van der Waals surface area contributed by atoms with Crippen LogP contribution in [-0.4, -0.2) is 68.8 Å². The lowest BCUT2D eigenvalue weighted by Gasteiger charge is -2.30. The number of likely N-dealkylation sites (tertiary alicyclic amines) is 1. The molecule has 10 nitrogen and oxygen atoms in total. The first-order valence-corrected chi connectivity index (χ1v) is 14.1. The number of rotatable bonds is 10. The molecule has 2 saturated heterocycles. The molecule has 2 heterocycles. The third-order valence-corrected chi connectivity index (χ3v) is 7.04. The topological polar surface area (TPSA) is 135 Å². The number of primary amides is 1. The smallest absolute Gasteiger partial charge is 0.407 e. The fraction of sp³-hybridized carbons (Fsp3) is 0.500. The molecule has 2 aromatic rings. The van der Waals surface area contributed by atoms with Gasteiger partial charge in [-0.25, -0.2) is 9.59 Å². The molecule has 2 fully saturated rings. The highest BCUT2D eigenvalue weighted by molar-refractivity contribution is 5.75. The first kappa shape index (κ1) is 30.9. The lowest BCUT2D eigenvalue weighted by molar-refractivity contribution is -0.119. The van der Waals surface area contributed by atoms with Gasteiger partial charge in [0.15, 0.2) is 0 Å². The highest BCUT2D eigenvalue weighted by Gasteiger charge is 2.20. The van der Waals surface area contributed by atoms with Gasteiger partial charge >= 0.3 is 12.2 Å². The van der Waals surface area contributed by atoms with Crippen molar-refractivity contribution in [1.82, 2.24) is 20.9 Å². The molecule has 2 aromatic carbocycles. The number of nitrogens with one attached hydrogen (secondary N) is 3. The van der Waals surface area contributed by atoms with E-state index in [-0.39, 0.29) is 24.7 Å². The van der Waals surface area contributed by atoms with Crippen molar-refractivity contribution in [2.24, 2.45) is 17.6 Å². The minimum Gasteiger partial charge on any atom is -0.445 e. The zero-order chi connectivity index (χ0) is 28.4. The van der Waals surface area contributed by atoms with Gasteiger partial charge < -0.3 is 31.2 Å². The molecule has 3 amide bonds. The summed E-state index contributed by atoms with van der Waals surface area (Å²) in [4.78, 5) is 36.1. The lowest BCUT2D eigenvalue weighted by Crippen LogP contribution is -2.42. The third-order valence-electron chi connectivity index (χ3n) is 7.04. The van der Waals surface area contributed by atoms with E-state index in [1.54, 1.807) is 0 Å². The highest BCUT2D eigenvalue weighted by Crippen LogP contribution is 2.16. The van der Waals surface area contributed by atoms with Crippen molar-refractivity contribution in [1.29, 1.82) is 0 Å². The molecule has 0 bridgehead atoms. The molecule has 0 aliphatic carbocycles. The lowest BCUT2D eigenvalue weighted by atomic mass is 9.97. The summed E-state index contributed by atoms with van der Waals surface area (Å²) in [6.45, 7) is 6.04. The molecular weight excluding hydrogens is 510 g/mol. The summed E-state index contributed by atoms with van der Waals surface area (Å²) in [6, 6.07) is 19.3. The molecule has 40 heavy (non-hydrogen) atoms. The van der Waals surface area contributed by atoms with Gasteiger partial charge in [0, 0.05) is 13.1 Å². The predicted molar refractivity (Wildman–Crippen MR) is 153 cm³/mol. The molecular formula is C30H43N5O5. The Morgan fingerprint density at radius 3 is 1.65 bits per heavy atom. The Labute approximate surface area is 237 Å². The number of piperidine rings is 2. The van der Waals surface area contributed by atoms with Gasteiger partial charge in [-0.1, -0.05) is 60.7 Å². The molecule has 0 saturated carbocycles. The van der Waals surface area contributed by atoms with E-state index in [1.165, 1.54) is 0 Å². The van der Waals surface area contributed by atoms with Crippen LogP contribution >= 0.6 is 0 Å². The zero-order valence-corrected chi connectivity index (χ0v) is 23.2.